The number of ketones is 1. The van der Waals surface area contributed by atoms with E-state index in [-0.39, 0.29) is 29.4 Å². The van der Waals surface area contributed by atoms with Gasteiger partial charge < -0.3 is 20.8 Å². The predicted octanol–water partition coefficient (Wildman–Crippen LogP) is 4.45. The van der Waals surface area contributed by atoms with Crippen LogP contribution in [0.25, 0.3) is 11.3 Å². The Morgan fingerprint density at radius 2 is 1.91 bits per heavy atom. The molecule has 0 aliphatic carbocycles. The van der Waals surface area contributed by atoms with E-state index in [9.17, 15) is 9.90 Å². The lowest BCUT2D eigenvalue weighted by Gasteiger charge is -2.18. The molecule has 0 spiro atoms. The molecule has 0 amide bonds. The fourth-order valence-electron chi connectivity index (χ4n) is 3.27. The monoisotopic (exact) mass is 448 g/mol. The van der Waals surface area contributed by atoms with E-state index in [0.717, 1.165) is 5.56 Å². The third-order valence-corrected chi connectivity index (χ3v) is 5.02. The van der Waals surface area contributed by atoms with Crippen LogP contribution < -0.4 is 10.5 Å². The van der Waals surface area contributed by atoms with Crippen molar-refractivity contribution in [1.82, 2.24) is 9.97 Å². The first-order valence-corrected chi connectivity index (χ1v) is 10.5. The van der Waals surface area contributed by atoms with E-state index in [1.165, 1.54) is 0 Å². The van der Waals surface area contributed by atoms with Crippen LogP contribution in [0, 0.1) is 12.3 Å². The number of rotatable bonds is 7. The maximum Gasteiger partial charge on any atom is 0.170 e. The Morgan fingerprint density at radius 3 is 2.55 bits per heavy atom. The zero-order valence-corrected chi connectivity index (χ0v) is 19.2. The molecule has 172 valence electrons. The summed E-state index contributed by atoms with van der Waals surface area (Å²) >= 11 is 0. The second-order valence-electron chi connectivity index (χ2n) is 8.99. The molecule has 0 bridgehead atoms. The maximum atomic E-state index is 12.5. The Balaban J connectivity index is 1.71. The third kappa shape index (κ3) is 5.85. The Kier molecular flexibility index (Phi) is 6.96. The first-order chi connectivity index (χ1) is 15.6. The standard InChI is InChI=1S/C25H28N4O4/c1-15-22(9-8-19(23(15)31)21(30)11-25(2,3)4)33-14-18-12-28-20(13-27-18)16-6-5-7-17(10-16)24(26)29-32/h5-10,12-13,31-32H,11,14H2,1-4H3,(H2,26,29). The summed E-state index contributed by atoms with van der Waals surface area (Å²) in [7, 11) is 0. The molecule has 0 fully saturated rings. The van der Waals surface area contributed by atoms with Gasteiger partial charge in [0, 0.05) is 23.1 Å². The lowest BCUT2D eigenvalue weighted by Crippen LogP contribution is -2.13. The number of amidine groups is 1. The Hall–Kier alpha value is -3.94. The van der Waals surface area contributed by atoms with E-state index in [1.54, 1.807) is 49.6 Å². The third-order valence-electron chi connectivity index (χ3n) is 5.02. The van der Waals surface area contributed by atoms with E-state index in [4.69, 9.17) is 15.7 Å². The lowest BCUT2D eigenvalue weighted by atomic mass is 9.87. The molecule has 3 aromatic rings. The summed E-state index contributed by atoms with van der Waals surface area (Å²) in [6, 6.07) is 10.4. The number of carbonyl (C=O) groups is 1. The summed E-state index contributed by atoms with van der Waals surface area (Å²) in [6.45, 7) is 7.80. The van der Waals surface area contributed by atoms with Crippen LogP contribution in [0.15, 0.2) is 53.9 Å². The molecular weight excluding hydrogens is 420 g/mol. The normalized spacial score (nSPS) is 11.9. The highest BCUT2D eigenvalue weighted by molar-refractivity contribution is 5.99. The van der Waals surface area contributed by atoms with Crippen molar-refractivity contribution in [2.75, 3.05) is 0 Å². The fraction of sp³-hybridized carbons (Fsp3) is 0.280. The van der Waals surface area contributed by atoms with Gasteiger partial charge in [-0.2, -0.15) is 0 Å². The number of aromatic hydroxyl groups is 1. The van der Waals surface area contributed by atoms with Gasteiger partial charge in [-0.25, -0.2) is 0 Å². The van der Waals surface area contributed by atoms with E-state index >= 15 is 0 Å². The minimum Gasteiger partial charge on any atom is -0.507 e. The summed E-state index contributed by atoms with van der Waals surface area (Å²) in [5, 5.41) is 22.4. The molecule has 1 heterocycles. The smallest absolute Gasteiger partial charge is 0.170 e. The number of benzene rings is 2. The highest BCUT2D eigenvalue weighted by Crippen LogP contribution is 2.33. The Bertz CT molecular complexity index is 1180. The summed E-state index contributed by atoms with van der Waals surface area (Å²) in [4.78, 5) is 21.3. The van der Waals surface area contributed by atoms with Crippen LogP contribution in [-0.2, 0) is 6.61 Å². The lowest BCUT2D eigenvalue weighted by molar-refractivity contribution is 0.0937. The van der Waals surface area contributed by atoms with Gasteiger partial charge in [-0.05, 0) is 30.5 Å². The summed E-state index contributed by atoms with van der Waals surface area (Å²) in [6.07, 6.45) is 3.55. The van der Waals surface area contributed by atoms with Crippen molar-refractivity contribution in [3.8, 4) is 22.8 Å². The molecule has 8 nitrogen and oxygen atoms in total. The van der Waals surface area contributed by atoms with Crippen LogP contribution in [0.1, 0.15) is 54.4 Å². The van der Waals surface area contributed by atoms with Crippen molar-refractivity contribution in [2.24, 2.45) is 16.3 Å². The van der Waals surface area contributed by atoms with Gasteiger partial charge >= 0.3 is 0 Å². The molecule has 0 aliphatic rings. The number of Topliss-reactive ketones (excluding diaryl/α,β-unsaturated/α-hetero) is 1. The number of hydrogen-bond donors (Lipinski definition) is 3. The van der Waals surface area contributed by atoms with Crippen molar-refractivity contribution < 1.29 is 19.8 Å². The number of nitrogens with two attached hydrogens (primary N) is 1. The molecule has 0 atom stereocenters. The molecule has 0 saturated carbocycles. The van der Waals surface area contributed by atoms with E-state index < -0.39 is 0 Å². The minimum absolute atomic E-state index is 0.0135. The number of phenols is 1. The highest BCUT2D eigenvalue weighted by atomic mass is 16.5. The van der Waals surface area contributed by atoms with Crippen molar-refractivity contribution in [1.29, 1.82) is 0 Å². The van der Waals surface area contributed by atoms with E-state index in [2.05, 4.69) is 15.1 Å². The molecule has 0 aliphatic heterocycles. The number of aromatic nitrogens is 2. The molecular formula is C25H28N4O4. The van der Waals surface area contributed by atoms with Gasteiger partial charge in [-0.15, -0.1) is 0 Å². The van der Waals surface area contributed by atoms with Crippen molar-refractivity contribution in [3.63, 3.8) is 0 Å². The molecule has 33 heavy (non-hydrogen) atoms. The second kappa shape index (κ2) is 9.68. The van der Waals surface area contributed by atoms with Crippen molar-refractivity contribution in [2.45, 2.75) is 40.7 Å². The van der Waals surface area contributed by atoms with Crippen LogP contribution in [-0.4, -0.2) is 31.9 Å². The van der Waals surface area contributed by atoms with Gasteiger partial charge in [-0.1, -0.05) is 44.1 Å². The Labute approximate surface area is 192 Å². The minimum atomic E-state index is -0.169. The zero-order chi connectivity index (χ0) is 24.2. The van der Waals surface area contributed by atoms with Crippen LogP contribution >= 0.6 is 0 Å². The van der Waals surface area contributed by atoms with Crippen LogP contribution in [0.3, 0.4) is 0 Å². The molecule has 8 heteroatoms. The number of carbonyl (C=O) groups excluding carboxylic acids is 1. The summed E-state index contributed by atoms with van der Waals surface area (Å²) in [5.74, 6) is 0.317. The highest BCUT2D eigenvalue weighted by Gasteiger charge is 2.21. The fourth-order valence-corrected chi connectivity index (χ4v) is 3.27. The first-order valence-electron chi connectivity index (χ1n) is 10.5. The molecule has 3 rings (SSSR count). The largest absolute Gasteiger partial charge is 0.507 e. The predicted molar refractivity (Wildman–Crippen MR) is 126 cm³/mol. The van der Waals surface area contributed by atoms with Crippen molar-refractivity contribution in [3.05, 3.63) is 71.2 Å². The van der Waals surface area contributed by atoms with E-state index in [1.807, 2.05) is 26.8 Å². The van der Waals surface area contributed by atoms with Gasteiger partial charge in [0.1, 0.15) is 18.1 Å². The average molecular weight is 449 g/mol. The number of hydrogen-bond acceptors (Lipinski definition) is 7. The summed E-state index contributed by atoms with van der Waals surface area (Å²) in [5.41, 5.74) is 8.84. The zero-order valence-electron chi connectivity index (χ0n) is 19.2. The molecule has 4 N–H and O–H groups in total. The molecule has 0 radical (unpaired) electrons. The topological polar surface area (TPSA) is 131 Å². The van der Waals surface area contributed by atoms with E-state index in [0.29, 0.717) is 40.2 Å². The van der Waals surface area contributed by atoms with Gasteiger partial charge in [-0.3, -0.25) is 14.8 Å². The van der Waals surface area contributed by atoms with Crippen LogP contribution in [0.2, 0.25) is 0 Å². The summed E-state index contributed by atoms with van der Waals surface area (Å²) < 4.78 is 5.82. The second-order valence-corrected chi connectivity index (χ2v) is 8.99. The van der Waals surface area contributed by atoms with Gasteiger partial charge in [0.15, 0.2) is 11.6 Å². The number of phenolic OH excluding ortho intramolecular Hbond substituents is 1. The molecule has 2 aromatic carbocycles. The van der Waals surface area contributed by atoms with Crippen molar-refractivity contribution >= 4 is 11.6 Å². The number of ether oxygens (including phenoxy) is 1. The SMILES string of the molecule is Cc1c(OCc2cnc(-c3cccc(C(N)=NO)c3)cn2)ccc(C(=O)CC(C)(C)C)c1O. The number of nitrogens with zero attached hydrogens (tertiary/aromatic N) is 3. The van der Waals surface area contributed by atoms with Gasteiger partial charge in [0.2, 0.25) is 0 Å². The van der Waals surface area contributed by atoms with Crippen LogP contribution in [0.5, 0.6) is 11.5 Å². The van der Waals surface area contributed by atoms with Gasteiger partial charge in [0.05, 0.1) is 29.3 Å². The Morgan fingerprint density at radius 1 is 1.15 bits per heavy atom. The molecule has 1 aromatic heterocycles. The van der Waals surface area contributed by atoms with Crippen LogP contribution in [0.4, 0.5) is 0 Å². The van der Waals surface area contributed by atoms with Gasteiger partial charge in [0.25, 0.3) is 0 Å². The first kappa shape index (κ1) is 23.7. The molecule has 0 saturated heterocycles. The quantitative estimate of drug-likeness (QED) is 0.160. The maximum absolute atomic E-state index is 12.5. The average Bonchev–Trinajstić information content (AvgIpc) is 2.78. The molecule has 0 unspecified atom stereocenters. The number of oxime groups is 1.